The van der Waals surface area contributed by atoms with E-state index in [1.165, 1.54) is 37.9 Å². The first-order valence-electron chi connectivity index (χ1n) is 9.79. The highest BCUT2D eigenvalue weighted by atomic mass is 16.1. The summed E-state index contributed by atoms with van der Waals surface area (Å²) < 4.78 is 0. The van der Waals surface area contributed by atoms with Gasteiger partial charge >= 0.3 is 0 Å². The number of carbonyl (C=O) groups excluding carboxylic acids is 1. The summed E-state index contributed by atoms with van der Waals surface area (Å²) in [5, 5.41) is 11.8. The minimum Gasteiger partial charge on any atom is -0.352 e. The standard InChI is InChI=1S/C23H27N3O/c24-16-20-6-4-19(5-7-20)12-13-23(27)25-17-21-8-10-22(11-9-21)18-26-14-2-1-3-15-26/h4-11H,1-3,12-15,17-18H2,(H,25,27). The van der Waals surface area contributed by atoms with Gasteiger partial charge in [0.15, 0.2) is 0 Å². The number of carbonyl (C=O) groups is 1. The SMILES string of the molecule is N#Cc1ccc(CCC(=O)NCc2ccc(CN3CCCCC3)cc2)cc1. The van der Waals surface area contributed by atoms with Gasteiger partial charge in [-0.3, -0.25) is 9.69 Å². The first-order valence-corrected chi connectivity index (χ1v) is 9.79. The first kappa shape index (κ1) is 19.1. The van der Waals surface area contributed by atoms with Gasteiger partial charge in [-0.15, -0.1) is 0 Å². The van der Waals surface area contributed by atoms with Gasteiger partial charge in [-0.1, -0.05) is 42.8 Å². The molecule has 1 amide bonds. The monoisotopic (exact) mass is 361 g/mol. The molecule has 0 unspecified atom stereocenters. The average Bonchev–Trinajstić information content (AvgIpc) is 2.73. The maximum Gasteiger partial charge on any atom is 0.220 e. The van der Waals surface area contributed by atoms with Crippen LogP contribution in [0.15, 0.2) is 48.5 Å². The number of amides is 1. The zero-order chi connectivity index (χ0) is 18.9. The molecule has 0 atom stereocenters. The summed E-state index contributed by atoms with van der Waals surface area (Å²) in [7, 11) is 0. The fourth-order valence-electron chi connectivity index (χ4n) is 3.43. The molecule has 1 aliphatic heterocycles. The number of nitrogens with zero attached hydrogens (tertiary/aromatic N) is 2. The van der Waals surface area contributed by atoms with Crippen LogP contribution >= 0.6 is 0 Å². The molecular weight excluding hydrogens is 334 g/mol. The van der Waals surface area contributed by atoms with Crippen molar-refractivity contribution >= 4 is 5.91 Å². The summed E-state index contributed by atoms with van der Waals surface area (Å²) >= 11 is 0. The van der Waals surface area contributed by atoms with E-state index < -0.39 is 0 Å². The van der Waals surface area contributed by atoms with Crippen molar-refractivity contribution in [2.75, 3.05) is 13.1 Å². The predicted octanol–water partition coefficient (Wildman–Crippen LogP) is 3.79. The lowest BCUT2D eigenvalue weighted by Crippen LogP contribution is -2.29. The molecule has 4 heteroatoms. The van der Waals surface area contributed by atoms with E-state index in [9.17, 15) is 4.79 Å². The molecule has 4 nitrogen and oxygen atoms in total. The number of hydrogen-bond donors (Lipinski definition) is 1. The van der Waals surface area contributed by atoms with Gasteiger partial charge < -0.3 is 5.32 Å². The van der Waals surface area contributed by atoms with E-state index >= 15 is 0 Å². The van der Waals surface area contributed by atoms with E-state index in [0.717, 1.165) is 17.7 Å². The predicted molar refractivity (Wildman–Crippen MR) is 107 cm³/mol. The summed E-state index contributed by atoms with van der Waals surface area (Å²) in [5.74, 6) is 0.0525. The van der Waals surface area contributed by atoms with Crippen molar-refractivity contribution in [3.05, 3.63) is 70.8 Å². The first-order chi connectivity index (χ1) is 13.2. The Hall–Kier alpha value is -2.64. The molecule has 1 N–H and O–H groups in total. The van der Waals surface area contributed by atoms with Gasteiger partial charge in [-0.25, -0.2) is 0 Å². The Bertz CT molecular complexity index is 769. The Labute approximate surface area is 161 Å². The highest BCUT2D eigenvalue weighted by molar-refractivity contribution is 5.76. The molecule has 2 aromatic rings. The number of rotatable bonds is 7. The van der Waals surface area contributed by atoms with Crippen LogP contribution < -0.4 is 5.32 Å². The van der Waals surface area contributed by atoms with Gasteiger partial charge in [-0.2, -0.15) is 5.26 Å². The molecule has 140 valence electrons. The summed E-state index contributed by atoms with van der Waals surface area (Å²) in [6, 6.07) is 18.1. The van der Waals surface area contributed by atoms with Crippen LogP contribution in [-0.4, -0.2) is 23.9 Å². The largest absolute Gasteiger partial charge is 0.352 e. The third-order valence-electron chi connectivity index (χ3n) is 5.09. The molecule has 0 spiro atoms. The number of likely N-dealkylation sites (tertiary alicyclic amines) is 1. The van der Waals surface area contributed by atoms with Gasteiger partial charge in [-0.05, 0) is 61.2 Å². The zero-order valence-corrected chi connectivity index (χ0v) is 15.8. The van der Waals surface area contributed by atoms with Crippen LogP contribution in [0.3, 0.4) is 0 Å². The Kier molecular flexibility index (Phi) is 7.01. The number of piperidine rings is 1. The Morgan fingerprint density at radius 3 is 2.22 bits per heavy atom. The maximum atomic E-state index is 12.1. The fourth-order valence-corrected chi connectivity index (χ4v) is 3.43. The van der Waals surface area contributed by atoms with Gasteiger partial charge in [0.25, 0.3) is 0 Å². The van der Waals surface area contributed by atoms with Crippen molar-refractivity contribution in [1.29, 1.82) is 5.26 Å². The topological polar surface area (TPSA) is 56.1 Å². The molecule has 0 aromatic heterocycles. The van der Waals surface area contributed by atoms with Crippen LogP contribution in [0.2, 0.25) is 0 Å². The molecule has 3 rings (SSSR count). The normalized spacial score (nSPS) is 14.5. The molecule has 0 saturated carbocycles. The summed E-state index contributed by atoms with van der Waals surface area (Å²) in [6.45, 7) is 4.00. The van der Waals surface area contributed by atoms with Crippen LogP contribution in [0.4, 0.5) is 0 Å². The average molecular weight is 361 g/mol. The quantitative estimate of drug-likeness (QED) is 0.816. The second kappa shape index (κ2) is 9.89. The number of nitriles is 1. The molecule has 0 bridgehead atoms. The van der Waals surface area contributed by atoms with Crippen molar-refractivity contribution in [2.45, 2.75) is 45.2 Å². The third kappa shape index (κ3) is 6.23. The van der Waals surface area contributed by atoms with Crippen LogP contribution in [-0.2, 0) is 24.3 Å². The van der Waals surface area contributed by atoms with E-state index in [1.807, 2.05) is 12.1 Å². The van der Waals surface area contributed by atoms with Gasteiger partial charge in [0.2, 0.25) is 5.91 Å². The number of hydrogen-bond acceptors (Lipinski definition) is 3. The molecule has 1 saturated heterocycles. The lowest BCUT2D eigenvalue weighted by molar-refractivity contribution is -0.121. The number of nitrogens with one attached hydrogen (secondary N) is 1. The molecule has 1 aliphatic rings. The summed E-state index contributed by atoms with van der Waals surface area (Å²) in [5.41, 5.74) is 4.19. The van der Waals surface area contributed by atoms with E-state index in [2.05, 4.69) is 40.6 Å². The van der Waals surface area contributed by atoms with Crippen LogP contribution in [0, 0.1) is 11.3 Å². The van der Waals surface area contributed by atoms with E-state index in [0.29, 0.717) is 24.9 Å². The smallest absolute Gasteiger partial charge is 0.220 e. The number of aryl methyl sites for hydroxylation is 1. The van der Waals surface area contributed by atoms with Crippen LogP contribution in [0.1, 0.15) is 47.9 Å². The van der Waals surface area contributed by atoms with Crippen molar-refractivity contribution < 1.29 is 4.79 Å². The van der Waals surface area contributed by atoms with Crippen LogP contribution in [0.5, 0.6) is 0 Å². The van der Waals surface area contributed by atoms with Crippen molar-refractivity contribution in [3.8, 4) is 6.07 Å². The van der Waals surface area contributed by atoms with E-state index in [4.69, 9.17) is 5.26 Å². The highest BCUT2D eigenvalue weighted by Gasteiger charge is 2.10. The van der Waals surface area contributed by atoms with Gasteiger partial charge in [0, 0.05) is 19.5 Å². The second-order valence-corrected chi connectivity index (χ2v) is 7.24. The Morgan fingerprint density at radius 2 is 1.56 bits per heavy atom. The molecule has 1 heterocycles. The van der Waals surface area contributed by atoms with E-state index in [-0.39, 0.29) is 5.91 Å². The van der Waals surface area contributed by atoms with Gasteiger partial charge in [0.1, 0.15) is 0 Å². The molecule has 0 radical (unpaired) electrons. The van der Waals surface area contributed by atoms with Gasteiger partial charge in [0.05, 0.1) is 11.6 Å². The molecule has 27 heavy (non-hydrogen) atoms. The number of benzene rings is 2. The molecule has 1 fully saturated rings. The van der Waals surface area contributed by atoms with Crippen molar-refractivity contribution in [2.24, 2.45) is 0 Å². The third-order valence-corrected chi connectivity index (χ3v) is 5.09. The lowest BCUT2D eigenvalue weighted by atomic mass is 10.1. The maximum absolute atomic E-state index is 12.1. The van der Waals surface area contributed by atoms with Crippen molar-refractivity contribution in [3.63, 3.8) is 0 Å². The summed E-state index contributed by atoms with van der Waals surface area (Å²) in [4.78, 5) is 14.6. The summed E-state index contributed by atoms with van der Waals surface area (Å²) in [6.07, 6.45) is 5.13. The van der Waals surface area contributed by atoms with E-state index in [1.54, 1.807) is 12.1 Å². The van der Waals surface area contributed by atoms with Crippen molar-refractivity contribution in [1.82, 2.24) is 10.2 Å². The van der Waals surface area contributed by atoms with Crippen LogP contribution in [0.25, 0.3) is 0 Å². The minimum atomic E-state index is 0.0525. The Balaban J connectivity index is 1.39. The lowest BCUT2D eigenvalue weighted by Gasteiger charge is -2.26. The minimum absolute atomic E-state index is 0.0525. The second-order valence-electron chi connectivity index (χ2n) is 7.24. The highest BCUT2D eigenvalue weighted by Crippen LogP contribution is 2.13. The molecular formula is C23H27N3O. The fraction of sp³-hybridized carbons (Fsp3) is 0.391. The zero-order valence-electron chi connectivity index (χ0n) is 15.8. The Morgan fingerprint density at radius 1 is 0.926 bits per heavy atom. The molecule has 0 aliphatic carbocycles. The molecule has 2 aromatic carbocycles.